The lowest BCUT2D eigenvalue weighted by atomic mass is 10.0. The molecule has 0 spiro atoms. The molecule has 3 aliphatic rings. The summed E-state index contributed by atoms with van der Waals surface area (Å²) in [5.74, 6) is 0.248. The van der Waals surface area contributed by atoms with Gasteiger partial charge in [0.25, 0.3) is 5.91 Å². The van der Waals surface area contributed by atoms with Crippen molar-refractivity contribution in [1.29, 1.82) is 0 Å². The minimum atomic E-state index is -0.648. The Labute approximate surface area is 138 Å². The van der Waals surface area contributed by atoms with E-state index >= 15 is 0 Å². The summed E-state index contributed by atoms with van der Waals surface area (Å²) in [5.41, 5.74) is 4.16. The number of morpholine rings is 1. The van der Waals surface area contributed by atoms with Gasteiger partial charge in [-0.15, -0.1) is 0 Å². The third kappa shape index (κ3) is 2.54. The standard InChI is InChI=1S/C16H17N5O3/c22-14(20-5-7-24-8-6-20)9-13-16(23)19-18-15-11-3-1-2-4-12(11)17-10-21(13)15/h1-4,10,13H,5-9H2,(H,19,23)/t13-/m0/s1. The molecule has 1 fully saturated rings. The molecule has 1 saturated heterocycles. The van der Waals surface area contributed by atoms with E-state index in [9.17, 15) is 9.59 Å². The maximum Gasteiger partial charge on any atom is 0.263 e. The zero-order chi connectivity index (χ0) is 16.5. The Morgan fingerprint density at radius 1 is 1.29 bits per heavy atom. The highest BCUT2D eigenvalue weighted by Gasteiger charge is 2.37. The highest BCUT2D eigenvalue weighted by molar-refractivity contribution is 6.14. The van der Waals surface area contributed by atoms with Crippen molar-refractivity contribution in [2.24, 2.45) is 10.1 Å². The molecule has 24 heavy (non-hydrogen) atoms. The molecule has 1 aromatic carbocycles. The minimum Gasteiger partial charge on any atom is -0.378 e. The van der Waals surface area contributed by atoms with Crippen molar-refractivity contribution in [3.63, 3.8) is 0 Å². The van der Waals surface area contributed by atoms with Gasteiger partial charge in [-0.25, -0.2) is 10.4 Å². The lowest BCUT2D eigenvalue weighted by molar-refractivity contribution is -0.139. The van der Waals surface area contributed by atoms with Gasteiger partial charge in [-0.05, 0) is 12.1 Å². The number of nitrogens with one attached hydrogen (secondary N) is 1. The number of aliphatic imine (C=N–C) groups is 1. The summed E-state index contributed by atoms with van der Waals surface area (Å²) in [5, 5.41) is 4.15. The third-order valence-electron chi connectivity index (χ3n) is 4.35. The summed E-state index contributed by atoms with van der Waals surface area (Å²) in [6.45, 7) is 2.19. The smallest absolute Gasteiger partial charge is 0.263 e. The normalized spacial score (nSPS) is 22.4. The van der Waals surface area contributed by atoms with Gasteiger partial charge in [0.05, 0.1) is 31.7 Å². The molecule has 0 bridgehead atoms. The number of para-hydroxylation sites is 1. The lowest BCUT2D eigenvalue weighted by Gasteiger charge is -2.36. The molecule has 4 rings (SSSR count). The van der Waals surface area contributed by atoms with Crippen LogP contribution in [-0.4, -0.2) is 66.1 Å². The Kier molecular flexibility index (Phi) is 3.73. The Morgan fingerprint density at radius 2 is 2.08 bits per heavy atom. The van der Waals surface area contributed by atoms with E-state index in [1.54, 1.807) is 16.1 Å². The van der Waals surface area contributed by atoms with E-state index in [0.29, 0.717) is 32.1 Å². The van der Waals surface area contributed by atoms with Crippen LogP contribution in [0.1, 0.15) is 12.0 Å². The molecule has 0 saturated carbocycles. The fraction of sp³-hybridized carbons (Fsp3) is 0.375. The van der Waals surface area contributed by atoms with Gasteiger partial charge in [0.2, 0.25) is 5.91 Å². The molecule has 3 heterocycles. The summed E-state index contributed by atoms with van der Waals surface area (Å²) in [7, 11) is 0. The quantitative estimate of drug-likeness (QED) is 0.833. The van der Waals surface area contributed by atoms with E-state index in [-0.39, 0.29) is 18.2 Å². The van der Waals surface area contributed by atoms with Crippen molar-refractivity contribution in [3.05, 3.63) is 29.8 Å². The molecule has 8 nitrogen and oxygen atoms in total. The number of hydrazone groups is 1. The van der Waals surface area contributed by atoms with Gasteiger partial charge in [0.15, 0.2) is 5.84 Å². The van der Waals surface area contributed by atoms with Crippen LogP contribution in [0.15, 0.2) is 34.4 Å². The number of carbonyl (C=O) groups excluding carboxylic acids is 2. The van der Waals surface area contributed by atoms with Crippen LogP contribution in [0.3, 0.4) is 0 Å². The summed E-state index contributed by atoms with van der Waals surface area (Å²) >= 11 is 0. The van der Waals surface area contributed by atoms with E-state index in [1.165, 1.54) is 0 Å². The summed E-state index contributed by atoms with van der Waals surface area (Å²) in [6, 6.07) is 6.93. The Morgan fingerprint density at radius 3 is 2.92 bits per heavy atom. The highest BCUT2D eigenvalue weighted by atomic mass is 16.5. The highest BCUT2D eigenvalue weighted by Crippen LogP contribution is 2.27. The molecule has 124 valence electrons. The average Bonchev–Trinajstić information content (AvgIpc) is 2.64. The fourth-order valence-electron chi connectivity index (χ4n) is 3.05. The monoisotopic (exact) mass is 327 g/mol. The molecule has 3 aliphatic heterocycles. The molecule has 0 aliphatic carbocycles. The molecule has 1 aromatic rings. The maximum absolute atomic E-state index is 12.5. The first kappa shape index (κ1) is 14.8. The number of hydrogen-bond acceptors (Lipinski definition) is 6. The fourth-order valence-corrected chi connectivity index (χ4v) is 3.05. The first-order chi connectivity index (χ1) is 11.7. The van der Waals surface area contributed by atoms with Crippen molar-refractivity contribution in [2.75, 3.05) is 26.3 Å². The van der Waals surface area contributed by atoms with Crippen LogP contribution in [0.2, 0.25) is 0 Å². The largest absolute Gasteiger partial charge is 0.378 e. The Balaban J connectivity index is 1.57. The van der Waals surface area contributed by atoms with Crippen molar-refractivity contribution in [1.82, 2.24) is 15.2 Å². The summed E-state index contributed by atoms with van der Waals surface area (Å²) in [6.07, 6.45) is 1.66. The Bertz CT molecular complexity index is 739. The number of hydrogen-bond donors (Lipinski definition) is 1. The first-order valence-corrected chi connectivity index (χ1v) is 7.89. The average molecular weight is 327 g/mol. The van der Waals surface area contributed by atoms with Crippen LogP contribution in [0.25, 0.3) is 0 Å². The van der Waals surface area contributed by atoms with Gasteiger partial charge < -0.3 is 14.5 Å². The van der Waals surface area contributed by atoms with Crippen molar-refractivity contribution >= 4 is 29.7 Å². The number of fused-ring (bicyclic) bond motifs is 3. The maximum atomic E-state index is 12.5. The van der Waals surface area contributed by atoms with Crippen molar-refractivity contribution in [2.45, 2.75) is 12.5 Å². The summed E-state index contributed by atoms with van der Waals surface area (Å²) < 4.78 is 5.26. The third-order valence-corrected chi connectivity index (χ3v) is 4.35. The second kappa shape index (κ2) is 6.04. The molecular formula is C16H17N5O3. The van der Waals surface area contributed by atoms with Crippen LogP contribution < -0.4 is 5.43 Å². The van der Waals surface area contributed by atoms with Crippen LogP contribution in [0.5, 0.6) is 0 Å². The topological polar surface area (TPSA) is 86.6 Å². The first-order valence-electron chi connectivity index (χ1n) is 7.89. The summed E-state index contributed by atoms with van der Waals surface area (Å²) in [4.78, 5) is 32.6. The van der Waals surface area contributed by atoms with E-state index in [4.69, 9.17) is 4.74 Å². The number of rotatable bonds is 2. The zero-order valence-electron chi connectivity index (χ0n) is 13.0. The van der Waals surface area contributed by atoms with Gasteiger partial charge in [-0.3, -0.25) is 9.59 Å². The molecule has 2 amide bonds. The van der Waals surface area contributed by atoms with Crippen LogP contribution in [0, 0.1) is 0 Å². The number of carbonyl (C=O) groups is 2. The SMILES string of the molecule is O=C1NN=C2c3ccccc3N=CN2[C@H]1CC(=O)N1CCOCC1. The van der Waals surface area contributed by atoms with E-state index < -0.39 is 6.04 Å². The lowest BCUT2D eigenvalue weighted by Crippen LogP contribution is -2.56. The number of nitrogens with zero attached hydrogens (tertiary/aromatic N) is 4. The molecule has 1 N–H and O–H groups in total. The van der Waals surface area contributed by atoms with Gasteiger partial charge in [-0.1, -0.05) is 12.1 Å². The van der Waals surface area contributed by atoms with Crippen LogP contribution in [0.4, 0.5) is 5.69 Å². The second-order valence-electron chi connectivity index (χ2n) is 5.79. The number of amides is 2. The van der Waals surface area contributed by atoms with Gasteiger partial charge in [-0.2, -0.15) is 5.10 Å². The number of benzene rings is 1. The molecule has 0 radical (unpaired) electrons. The van der Waals surface area contributed by atoms with Crippen molar-refractivity contribution < 1.29 is 14.3 Å². The van der Waals surface area contributed by atoms with Gasteiger partial charge in [0.1, 0.15) is 6.04 Å². The molecular weight excluding hydrogens is 310 g/mol. The second-order valence-corrected chi connectivity index (χ2v) is 5.79. The van der Waals surface area contributed by atoms with Crippen molar-refractivity contribution in [3.8, 4) is 0 Å². The molecule has 0 aromatic heterocycles. The molecule has 1 atom stereocenters. The van der Waals surface area contributed by atoms with Gasteiger partial charge >= 0.3 is 0 Å². The van der Waals surface area contributed by atoms with E-state index in [2.05, 4.69) is 15.5 Å². The molecule has 8 heteroatoms. The predicted octanol–water partition coefficient (Wildman–Crippen LogP) is 0.0709. The molecule has 0 unspecified atom stereocenters. The predicted molar refractivity (Wildman–Crippen MR) is 86.9 cm³/mol. The zero-order valence-corrected chi connectivity index (χ0v) is 13.0. The van der Waals surface area contributed by atoms with Crippen LogP contribution in [-0.2, 0) is 14.3 Å². The van der Waals surface area contributed by atoms with E-state index in [1.807, 2.05) is 24.3 Å². The van der Waals surface area contributed by atoms with Crippen LogP contribution >= 0.6 is 0 Å². The Hall–Kier alpha value is -2.74. The number of ether oxygens (including phenoxy) is 1. The minimum absolute atomic E-state index is 0.0630. The number of amidine groups is 1. The van der Waals surface area contributed by atoms with E-state index in [0.717, 1.165) is 11.3 Å². The van der Waals surface area contributed by atoms with Gasteiger partial charge in [0, 0.05) is 18.7 Å².